The topological polar surface area (TPSA) is 373 Å². The van der Waals surface area contributed by atoms with E-state index >= 15 is 0 Å². The van der Waals surface area contributed by atoms with Gasteiger partial charge < -0.3 is 78.7 Å². The van der Waals surface area contributed by atoms with Gasteiger partial charge in [-0.25, -0.2) is 40.1 Å². The highest BCUT2D eigenvalue weighted by molar-refractivity contribution is 6.61. The number of aromatic hydroxyl groups is 2. The second kappa shape index (κ2) is 41.7. The van der Waals surface area contributed by atoms with Gasteiger partial charge >= 0.3 is 23.2 Å². The van der Waals surface area contributed by atoms with Gasteiger partial charge in [0, 0.05) is 91.7 Å². The number of nitrogens with zero attached hydrogens (tertiary/aromatic N) is 3. The van der Waals surface area contributed by atoms with Crippen molar-refractivity contribution >= 4 is 58.7 Å². The molecule has 28 nitrogen and oxygen atoms in total. The molecule has 0 atom stereocenters. The molecule has 0 bridgehead atoms. The van der Waals surface area contributed by atoms with E-state index in [1.807, 2.05) is 171 Å². The summed E-state index contributed by atoms with van der Waals surface area (Å²) in [5, 5.41) is 37.0. The fourth-order valence-electron chi connectivity index (χ4n) is 17.1. The van der Waals surface area contributed by atoms with Crippen molar-refractivity contribution < 1.29 is 81.5 Å². The Morgan fingerprint density at radius 1 is 0.504 bits per heavy atom. The number of nitrogens with two attached hydrogens (primary N) is 2. The Morgan fingerprint density at radius 3 is 1.36 bits per heavy atom. The summed E-state index contributed by atoms with van der Waals surface area (Å²) in [6.45, 7) is 22.7. The first-order valence-corrected chi connectivity index (χ1v) is 43.5. The Labute approximate surface area is 753 Å². The molecule has 0 radical (unpaired) electrons. The third-order valence-corrected chi connectivity index (χ3v) is 23.4. The minimum Gasteiger partial charge on any atom is -0.508 e. The number of amides is 4. The van der Waals surface area contributed by atoms with Crippen LogP contribution >= 0.6 is 11.6 Å². The molecular formula is C100H109ClN10O18. The van der Waals surface area contributed by atoms with Crippen molar-refractivity contribution in [2.45, 2.75) is 161 Å². The number of hydrogen-bond donors (Lipinski definition) is 9. The molecule has 8 aliphatic rings. The number of halogens is 1. The lowest BCUT2D eigenvalue weighted by Gasteiger charge is -2.20. The summed E-state index contributed by atoms with van der Waals surface area (Å²) in [5.74, 6) is 5.83. The van der Waals surface area contributed by atoms with E-state index in [1.165, 1.54) is 44.0 Å². The molecule has 4 fully saturated rings. The number of para-hydroxylation sites is 1. The number of hydrazone groups is 1. The normalized spacial score (nSPS) is 16.1. The Balaban J connectivity index is 0.000000131. The summed E-state index contributed by atoms with van der Waals surface area (Å²) in [4.78, 5) is 57.7. The van der Waals surface area contributed by atoms with Crippen LogP contribution in [0.1, 0.15) is 159 Å². The summed E-state index contributed by atoms with van der Waals surface area (Å²) >= 11 is 4.95. The van der Waals surface area contributed by atoms with Gasteiger partial charge in [0.2, 0.25) is 0 Å². The van der Waals surface area contributed by atoms with Crippen LogP contribution in [0.3, 0.4) is 0 Å². The summed E-state index contributed by atoms with van der Waals surface area (Å²) in [7, 11) is 0. The number of rotatable bonds is 17. The van der Waals surface area contributed by atoms with Gasteiger partial charge in [0.05, 0.1) is 75.9 Å². The number of phenolic OH excluding ortho intramolecular Hbond substituents is 2. The lowest BCUT2D eigenvalue weighted by molar-refractivity contribution is -0.147. The quantitative estimate of drug-likeness (QED) is 0.00777. The molecule has 4 amide bonds. The Hall–Kier alpha value is -12.6. The molecule has 1 aromatic heterocycles. The van der Waals surface area contributed by atoms with E-state index in [0.717, 1.165) is 99.9 Å². The number of benzene rings is 10. The maximum Gasteiger partial charge on any atom is 0.409 e. The van der Waals surface area contributed by atoms with Gasteiger partial charge in [-0.3, -0.25) is 10.2 Å². The number of aryl methyl sites for hydroxylation is 2. The number of aldehydes is 1. The number of nitrogens with one attached hydrogen (secondary N) is 5. The number of fused-ring (bicyclic) bond motifs is 4. The SMILES string of the molecule is CC(C)c1cc(-c2n[nH]c(=O)n2-c2ccc3c(c2)CC2(C3)OCCO2)c(O)cc1O.Cc1cc(OCc2ccccc2)c(/C=N/NC(=O)Nc2ccc3c(c2)CC2(C3)OCCO2)cc1C(C)C.Cc1cc(OCc2ccccc2)c(C=O)cc1C(C)C.NNC(=O)Nc1ccc2c(c1)CC1(C2)OCCO1.Nc1ccc2c(c1)CC1(C2)OCCO1.O=C(Cl)Oc1ccccc1. The van der Waals surface area contributed by atoms with Gasteiger partial charge in [-0.15, -0.1) is 0 Å². The number of H-pyrrole nitrogens is 1. The van der Waals surface area contributed by atoms with Crippen molar-refractivity contribution in [3.8, 4) is 45.8 Å². The highest BCUT2D eigenvalue weighted by Crippen LogP contribution is 2.44. The van der Waals surface area contributed by atoms with Crippen molar-refractivity contribution in [1.82, 2.24) is 25.6 Å². The van der Waals surface area contributed by atoms with Crippen LogP contribution in [0.25, 0.3) is 17.1 Å². The maximum absolute atomic E-state index is 12.6. The minimum atomic E-state index is -0.814. The fourth-order valence-corrected chi connectivity index (χ4v) is 17.2. The van der Waals surface area contributed by atoms with Crippen LogP contribution in [-0.2, 0) is 102 Å². The summed E-state index contributed by atoms with van der Waals surface area (Å²) in [6.07, 6.45) is 8.44. The number of hydrogen-bond acceptors (Lipinski definition) is 22. The average molecular weight is 1770 g/mol. The van der Waals surface area contributed by atoms with E-state index in [4.69, 9.17) is 70.5 Å². The average Bonchev–Trinajstić information content (AvgIpc) is 1.62. The molecule has 19 rings (SSSR count). The molecule has 0 unspecified atom stereocenters. The molecule has 4 aliphatic heterocycles. The zero-order valence-corrected chi connectivity index (χ0v) is 74.2. The Morgan fingerprint density at radius 2 is 0.915 bits per heavy atom. The number of aromatic nitrogens is 3. The van der Waals surface area contributed by atoms with Gasteiger partial charge in [0.25, 0.3) is 0 Å². The predicted molar refractivity (Wildman–Crippen MR) is 491 cm³/mol. The van der Waals surface area contributed by atoms with Crippen molar-refractivity contribution in [2.24, 2.45) is 10.9 Å². The van der Waals surface area contributed by atoms with Crippen molar-refractivity contribution in [1.29, 1.82) is 0 Å². The van der Waals surface area contributed by atoms with Crippen LogP contribution in [0.4, 0.5) is 31.4 Å². The number of hydrazine groups is 1. The second-order valence-electron chi connectivity index (χ2n) is 33.6. The summed E-state index contributed by atoms with van der Waals surface area (Å²) < 4.78 is 63.9. The van der Waals surface area contributed by atoms with Gasteiger partial charge in [0.1, 0.15) is 42.0 Å². The van der Waals surface area contributed by atoms with Crippen LogP contribution < -0.4 is 53.0 Å². The molecule has 4 aliphatic carbocycles. The number of nitrogen functional groups attached to an aromatic ring is 1. The maximum atomic E-state index is 12.6. The first-order valence-electron chi connectivity index (χ1n) is 43.1. The molecule has 29 heteroatoms. The van der Waals surface area contributed by atoms with Crippen molar-refractivity contribution in [3.63, 3.8) is 0 Å². The number of urea groups is 2. The highest BCUT2D eigenvalue weighted by Gasteiger charge is 2.46. The Bertz CT molecular complexity index is 5880. The van der Waals surface area contributed by atoms with Gasteiger partial charge in [-0.05, 0) is 206 Å². The zero-order valence-electron chi connectivity index (χ0n) is 73.5. The monoisotopic (exact) mass is 1770 g/mol. The van der Waals surface area contributed by atoms with Crippen LogP contribution in [0.2, 0.25) is 0 Å². The van der Waals surface area contributed by atoms with Gasteiger partial charge in [-0.2, -0.15) is 10.2 Å². The van der Waals surface area contributed by atoms with Gasteiger partial charge in [0.15, 0.2) is 35.3 Å². The number of anilines is 3. The molecule has 4 spiro atoms. The smallest absolute Gasteiger partial charge is 0.409 e. The van der Waals surface area contributed by atoms with Gasteiger partial charge in [-0.1, -0.05) is 145 Å². The number of phenols is 2. The fraction of sp³-hybridized carbons (Fsp3) is 0.330. The summed E-state index contributed by atoms with van der Waals surface area (Å²) in [5.41, 5.74) is 30.8. The van der Waals surface area contributed by atoms with Crippen LogP contribution in [0.5, 0.6) is 28.7 Å². The molecule has 0 saturated carbocycles. The standard InChI is InChI=1S/C30H33N3O4.C22H23N3O5.C18H20O2.C12H15N3O3.C11H13NO2.C7H5ClO2/c1-20(2)27-15-25(28(13-21(27)3)35-19-22-7-5-4-6-8-22)18-31-33-29(34)32-26-10-9-23-16-30(17-24(23)14-26)36-11-12-37-30;1-12(2)16-8-17(19(27)9-18(16)26)20-23-24-21(28)25(20)15-4-3-13-10-22(11-14(13)7-15)29-5-6-30-22;1-13(2)17-10-16(11-19)18(9-14(17)3)20-12-15-7-5-4-6-8-15;13-15-11(16)14-10-2-1-8-6-12(7-9(8)5-10)17-3-4-18-12;12-10-2-1-8-6-11(7-9(8)5-10)13-3-4-14-11;8-7(9)10-6-4-2-1-3-5-6/h4-10,13-15,18,20H,11-12,16-17,19H2,1-3H3,(H2,32,33,34);3-4,7-9,12,26-27H,5-6,10-11H2,1-2H3,(H,24,28);4-11,13H,12H2,1-3H3;1-2,5H,3-4,6-7,13H2,(H2,14,15,16);1-2,5H,3-4,6-7,12H2;1-5H/b31-18+;;;;;. The molecule has 4 saturated heterocycles. The number of carbonyl (C=O) groups is 4. The third-order valence-electron chi connectivity index (χ3n) is 23.3. The first-order chi connectivity index (χ1) is 62.2. The van der Waals surface area contributed by atoms with E-state index in [2.05, 4.69) is 89.8 Å². The van der Waals surface area contributed by atoms with Crippen molar-refractivity contribution in [2.75, 3.05) is 69.2 Å². The third kappa shape index (κ3) is 23.3. The molecule has 11 aromatic rings. The van der Waals surface area contributed by atoms with Crippen LogP contribution in [0, 0.1) is 13.8 Å². The molecule has 10 aromatic carbocycles. The molecule has 5 heterocycles. The molecule has 129 heavy (non-hydrogen) atoms. The minimum absolute atomic E-state index is 0.00933. The van der Waals surface area contributed by atoms with E-state index in [9.17, 15) is 34.2 Å². The molecule has 674 valence electrons. The number of ether oxygens (including phenoxy) is 11. The predicted octanol–water partition coefficient (Wildman–Crippen LogP) is 16.9. The van der Waals surface area contributed by atoms with Crippen LogP contribution in [0.15, 0.2) is 210 Å². The van der Waals surface area contributed by atoms with E-state index in [-0.39, 0.29) is 29.0 Å². The summed E-state index contributed by atoms with van der Waals surface area (Å²) in [6, 6.07) is 62.2. The largest absolute Gasteiger partial charge is 0.508 e. The van der Waals surface area contributed by atoms with Crippen LogP contribution in [-0.4, -0.2) is 131 Å². The first kappa shape index (κ1) is 92.6. The lowest BCUT2D eigenvalue weighted by atomic mass is 9.95. The van der Waals surface area contributed by atoms with E-state index < -0.39 is 40.5 Å². The van der Waals surface area contributed by atoms with Crippen molar-refractivity contribution in [3.05, 3.63) is 305 Å². The molecular weight excluding hydrogens is 1660 g/mol. The second-order valence-corrected chi connectivity index (χ2v) is 33.9. The lowest BCUT2D eigenvalue weighted by Crippen LogP contribution is -2.34. The molecule has 11 N–H and O–H groups in total. The van der Waals surface area contributed by atoms with E-state index in [0.29, 0.717) is 142 Å². The number of carbonyl (C=O) groups excluding carboxylic acids is 4. The Kier molecular flexibility index (Phi) is 29.9. The number of aromatic amines is 1. The highest BCUT2D eigenvalue weighted by atomic mass is 35.5. The van der Waals surface area contributed by atoms with E-state index in [1.54, 1.807) is 36.5 Å². The zero-order chi connectivity index (χ0) is 91.0.